The number of nitrogens with one attached hydrogen (secondary N) is 1. The third-order valence-electron chi connectivity index (χ3n) is 3.90. The Labute approximate surface area is 163 Å². The van der Waals surface area contributed by atoms with Gasteiger partial charge in [-0.05, 0) is 60.2 Å². The van der Waals surface area contributed by atoms with E-state index in [1.54, 1.807) is 55.8 Å². The molecule has 28 heavy (non-hydrogen) atoms. The van der Waals surface area contributed by atoms with Crippen LogP contribution in [0, 0.1) is 0 Å². The van der Waals surface area contributed by atoms with Gasteiger partial charge >= 0.3 is 5.97 Å². The third kappa shape index (κ3) is 4.88. The van der Waals surface area contributed by atoms with E-state index in [-0.39, 0.29) is 0 Å². The molecule has 0 unspecified atom stereocenters. The second kappa shape index (κ2) is 9.23. The Kier molecular flexibility index (Phi) is 6.25. The van der Waals surface area contributed by atoms with E-state index in [4.69, 9.17) is 14.2 Å². The normalized spacial score (nSPS) is 10.5. The molecule has 0 saturated heterocycles. The van der Waals surface area contributed by atoms with Crippen LogP contribution in [0.5, 0.6) is 17.2 Å². The first-order chi connectivity index (χ1) is 13.7. The highest BCUT2D eigenvalue weighted by molar-refractivity contribution is 5.91. The van der Waals surface area contributed by atoms with E-state index < -0.39 is 5.97 Å². The molecule has 0 saturated carbocycles. The topological polar surface area (TPSA) is 69.2 Å². The number of hydrogen-bond donors (Lipinski definition) is 1. The number of methoxy groups -OCH3 is 2. The molecular weight excluding hydrogens is 356 g/mol. The predicted molar refractivity (Wildman–Crippen MR) is 109 cm³/mol. The highest BCUT2D eigenvalue weighted by Crippen LogP contribution is 2.28. The van der Waals surface area contributed by atoms with Gasteiger partial charge in [0.2, 0.25) is 0 Å². The first kappa shape index (κ1) is 19.0. The molecule has 0 heterocycles. The van der Waals surface area contributed by atoms with E-state index in [9.17, 15) is 4.79 Å². The molecule has 3 rings (SSSR count). The molecule has 0 fully saturated rings. The zero-order chi connectivity index (χ0) is 19.8. The molecule has 3 aromatic carbocycles. The van der Waals surface area contributed by atoms with E-state index in [2.05, 4.69) is 10.5 Å². The number of rotatable bonds is 7. The van der Waals surface area contributed by atoms with Crippen molar-refractivity contribution < 1.29 is 19.0 Å². The van der Waals surface area contributed by atoms with E-state index in [1.165, 1.54) is 7.11 Å². The van der Waals surface area contributed by atoms with Gasteiger partial charge in [-0.2, -0.15) is 5.10 Å². The SMILES string of the molecule is COc1ccc(C(=O)Oc2ccc(C=NNc3ccccc3)cc2OC)cc1. The summed E-state index contributed by atoms with van der Waals surface area (Å²) >= 11 is 0. The number of benzene rings is 3. The van der Waals surface area contributed by atoms with E-state index in [1.807, 2.05) is 30.3 Å². The summed E-state index contributed by atoms with van der Waals surface area (Å²) in [4.78, 5) is 12.3. The summed E-state index contributed by atoms with van der Waals surface area (Å²) in [5.41, 5.74) is 5.04. The molecule has 6 heteroatoms. The largest absolute Gasteiger partial charge is 0.497 e. The molecule has 0 amide bonds. The average molecular weight is 376 g/mol. The minimum absolute atomic E-state index is 0.330. The maximum Gasteiger partial charge on any atom is 0.343 e. The molecular formula is C22H20N2O4. The number of para-hydroxylation sites is 1. The zero-order valence-electron chi connectivity index (χ0n) is 15.6. The van der Waals surface area contributed by atoms with Crippen molar-refractivity contribution in [2.24, 2.45) is 5.10 Å². The van der Waals surface area contributed by atoms with Gasteiger partial charge < -0.3 is 14.2 Å². The van der Waals surface area contributed by atoms with Crippen LogP contribution < -0.4 is 19.6 Å². The molecule has 142 valence electrons. The van der Waals surface area contributed by atoms with Crippen LogP contribution in [-0.2, 0) is 0 Å². The molecule has 6 nitrogen and oxygen atoms in total. The Balaban J connectivity index is 1.69. The maximum absolute atomic E-state index is 12.3. The van der Waals surface area contributed by atoms with Crippen LogP contribution in [0.4, 0.5) is 5.69 Å². The van der Waals surface area contributed by atoms with Crippen molar-refractivity contribution in [2.45, 2.75) is 0 Å². The monoisotopic (exact) mass is 376 g/mol. The second-order valence-electron chi connectivity index (χ2n) is 5.76. The van der Waals surface area contributed by atoms with Crippen LogP contribution in [0.2, 0.25) is 0 Å². The summed E-state index contributed by atoms with van der Waals surface area (Å²) in [6, 6.07) is 21.5. The Bertz CT molecular complexity index is 954. The van der Waals surface area contributed by atoms with Gasteiger partial charge in [-0.25, -0.2) is 4.79 Å². The van der Waals surface area contributed by atoms with Crippen molar-refractivity contribution in [3.05, 3.63) is 83.9 Å². The van der Waals surface area contributed by atoms with Crippen molar-refractivity contribution in [2.75, 3.05) is 19.6 Å². The summed E-state index contributed by atoms with van der Waals surface area (Å²) < 4.78 is 15.9. The zero-order valence-corrected chi connectivity index (χ0v) is 15.6. The van der Waals surface area contributed by atoms with Crippen LogP contribution in [0.25, 0.3) is 0 Å². The summed E-state index contributed by atoms with van der Waals surface area (Å²) in [6.45, 7) is 0. The lowest BCUT2D eigenvalue weighted by Gasteiger charge is -2.10. The smallest absolute Gasteiger partial charge is 0.343 e. The van der Waals surface area contributed by atoms with Gasteiger partial charge in [-0.3, -0.25) is 5.43 Å². The fourth-order valence-electron chi connectivity index (χ4n) is 2.43. The van der Waals surface area contributed by atoms with Crippen LogP contribution >= 0.6 is 0 Å². The lowest BCUT2D eigenvalue weighted by molar-refractivity contribution is 0.0729. The molecule has 0 aromatic heterocycles. The van der Waals surface area contributed by atoms with Crippen LogP contribution in [0.15, 0.2) is 77.9 Å². The highest BCUT2D eigenvalue weighted by Gasteiger charge is 2.13. The van der Waals surface area contributed by atoms with Crippen molar-refractivity contribution in [3.63, 3.8) is 0 Å². The number of esters is 1. The van der Waals surface area contributed by atoms with Crippen LogP contribution in [0.1, 0.15) is 15.9 Å². The number of ether oxygens (including phenoxy) is 3. The Morgan fingerprint density at radius 2 is 1.64 bits per heavy atom. The summed E-state index contributed by atoms with van der Waals surface area (Å²) in [6.07, 6.45) is 1.66. The molecule has 0 aliphatic rings. The van der Waals surface area contributed by atoms with Crippen LogP contribution in [-0.4, -0.2) is 26.4 Å². The predicted octanol–water partition coefficient (Wildman–Crippen LogP) is 4.37. The maximum atomic E-state index is 12.3. The minimum Gasteiger partial charge on any atom is -0.497 e. The van der Waals surface area contributed by atoms with Crippen molar-refractivity contribution in [1.29, 1.82) is 0 Å². The number of carbonyl (C=O) groups excluding carboxylic acids is 1. The fraction of sp³-hybridized carbons (Fsp3) is 0.0909. The van der Waals surface area contributed by atoms with Gasteiger partial charge in [0.1, 0.15) is 5.75 Å². The van der Waals surface area contributed by atoms with Gasteiger partial charge in [0.25, 0.3) is 0 Å². The number of anilines is 1. The van der Waals surface area contributed by atoms with Crippen molar-refractivity contribution in [3.8, 4) is 17.2 Å². The molecule has 0 bridgehead atoms. The third-order valence-corrected chi connectivity index (χ3v) is 3.90. The first-order valence-corrected chi connectivity index (χ1v) is 8.58. The molecule has 0 radical (unpaired) electrons. The minimum atomic E-state index is -0.479. The number of hydrogen-bond acceptors (Lipinski definition) is 6. The summed E-state index contributed by atoms with van der Waals surface area (Å²) in [5.74, 6) is 0.956. The molecule has 3 aromatic rings. The highest BCUT2D eigenvalue weighted by atomic mass is 16.6. The standard InChI is InChI=1S/C22H20N2O4/c1-26-19-11-9-17(10-12-19)22(25)28-20-13-8-16(14-21(20)27-2)15-23-24-18-6-4-3-5-7-18/h3-15,24H,1-2H3. The van der Waals surface area contributed by atoms with E-state index >= 15 is 0 Å². The molecule has 0 atom stereocenters. The van der Waals surface area contributed by atoms with Gasteiger partial charge in [0.05, 0.1) is 31.7 Å². The summed E-state index contributed by atoms with van der Waals surface area (Å²) in [7, 11) is 3.08. The van der Waals surface area contributed by atoms with E-state index in [0.29, 0.717) is 22.8 Å². The van der Waals surface area contributed by atoms with Gasteiger partial charge in [-0.1, -0.05) is 18.2 Å². The number of hydrazone groups is 1. The van der Waals surface area contributed by atoms with Gasteiger partial charge in [0, 0.05) is 0 Å². The Hall–Kier alpha value is -3.80. The van der Waals surface area contributed by atoms with Crippen molar-refractivity contribution >= 4 is 17.9 Å². The lowest BCUT2D eigenvalue weighted by atomic mass is 10.2. The lowest BCUT2D eigenvalue weighted by Crippen LogP contribution is -2.09. The fourth-order valence-corrected chi connectivity index (χ4v) is 2.43. The Morgan fingerprint density at radius 1 is 0.893 bits per heavy atom. The van der Waals surface area contributed by atoms with Crippen LogP contribution in [0.3, 0.4) is 0 Å². The second-order valence-corrected chi connectivity index (χ2v) is 5.76. The quantitative estimate of drug-likeness (QED) is 0.287. The first-order valence-electron chi connectivity index (χ1n) is 8.58. The number of carbonyl (C=O) groups is 1. The van der Waals surface area contributed by atoms with Crippen molar-refractivity contribution in [1.82, 2.24) is 0 Å². The molecule has 1 N–H and O–H groups in total. The Morgan fingerprint density at radius 3 is 2.32 bits per heavy atom. The van der Waals surface area contributed by atoms with E-state index in [0.717, 1.165) is 11.3 Å². The average Bonchev–Trinajstić information content (AvgIpc) is 2.75. The summed E-state index contributed by atoms with van der Waals surface area (Å²) in [5, 5.41) is 4.19. The molecule has 0 spiro atoms. The molecule has 0 aliphatic carbocycles. The van der Waals surface area contributed by atoms with Gasteiger partial charge in [-0.15, -0.1) is 0 Å². The number of nitrogens with zero attached hydrogens (tertiary/aromatic N) is 1. The molecule has 0 aliphatic heterocycles. The van der Waals surface area contributed by atoms with Gasteiger partial charge in [0.15, 0.2) is 11.5 Å².